The van der Waals surface area contributed by atoms with E-state index < -0.39 is 7.32 Å². The number of para-hydroxylation sites is 4. The summed E-state index contributed by atoms with van der Waals surface area (Å²) in [5, 5.41) is 4.61. The second-order valence-electron chi connectivity index (χ2n) is 18.4. The van der Waals surface area contributed by atoms with E-state index >= 15 is 0 Å². The lowest BCUT2D eigenvalue weighted by atomic mass is 9.76. The molecule has 0 amide bonds. The summed E-state index contributed by atoms with van der Waals surface area (Å²) in [7, 11) is -0.886. The Kier molecular flexibility index (Phi) is 24.6. The number of alkyl halides is 1. The van der Waals surface area contributed by atoms with Crippen LogP contribution in [0.1, 0.15) is 115 Å². The van der Waals surface area contributed by atoms with E-state index in [4.69, 9.17) is 40.9 Å². The van der Waals surface area contributed by atoms with Gasteiger partial charge in [-0.25, -0.2) is 0 Å². The molecular weight excluding hydrogens is 1190 g/mol. The SMILES string of the molecule is BrBr.C.CC(C)OB1OC(C)(C)C(C)(C)O1.CCc1cc2ccccc2o1.CCc1oc2ccccc2c1B1OC(C)(C)C(C)(C)O1.CCc1oc2ccccc2c1Br.CI.c1ccc2occc2c1. The quantitative estimate of drug-likeness (QED) is 0.0916. The van der Waals surface area contributed by atoms with Gasteiger partial charge >= 0.3 is 14.4 Å². The third kappa shape index (κ3) is 15.6. The maximum atomic E-state index is 6.18. The first-order valence-electron chi connectivity index (χ1n) is 23.2. The average Bonchev–Trinajstić information content (AvgIpc) is 4.18. The predicted octanol–water partition coefficient (Wildman–Crippen LogP) is 17.9. The fourth-order valence-electron chi connectivity index (χ4n) is 7.07. The van der Waals surface area contributed by atoms with Gasteiger partial charge in [0.15, 0.2) is 0 Å². The van der Waals surface area contributed by atoms with Gasteiger partial charge in [-0.1, -0.05) is 118 Å². The topological polar surface area (TPSA) is 98.7 Å². The Balaban J connectivity index is 0.000000232. The molecule has 0 saturated carbocycles. The van der Waals surface area contributed by atoms with Crippen molar-refractivity contribution in [2.75, 3.05) is 4.93 Å². The number of hydrogen-bond acceptors (Lipinski definition) is 9. The fourth-order valence-corrected chi connectivity index (χ4v) is 7.76. The maximum Gasteiger partial charge on any atom is 0.640 e. The predicted molar refractivity (Wildman–Crippen MR) is 313 cm³/mol. The van der Waals surface area contributed by atoms with Crippen molar-refractivity contribution in [2.45, 2.75) is 145 Å². The molecule has 0 atom stereocenters. The van der Waals surface area contributed by atoms with Crippen LogP contribution in [0, 0.1) is 0 Å². The van der Waals surface area contributed by atoms with E-state index in [1.165, 1.54) is 5.39 Å². The molecule has 4 aromatic heterocycles. The minimum atomic E-state index is -0.523. The van der Waals surface area contributed by atoms with E-state index in [0.717, 1.165) is 85.0 Å². The zero-order valence-electron chi connectivity index (χ0n) is 42.5. The van der Waals surface area contributed by atoms with Crippen LogP contribution in [-0.4, -0.2) is 47.9 Å². The van der Waals surface area contributed by atoms with E-state index in [2.05, 4.69) is 140 Å². The molecule has 6 heterocycles. The summed E-state index contributed by atoms with van der Waals surface area (Å²) in [4.78, 5) is 1.97. The molecule has 2 aliphatic heterocycles. The number of aryl methyl sites for hydroxylation is 3. The van der Waals surface area contributed by atoms with Crippen molar-refractivity contribution >= 4 is 131 Å². The summed E-state index contributed by atoms with van der Waals surface area (Å²) in [6.07, 6.45) is 4.54. The molecule has 8 aromatic rings. The van der Waals surface area contributed by atoms with E-state index in [9.17, 15) is 0 Å². The van der Waals surface area contributed by atoms with Gasteiger partial charge in [0.2, 0.25) is 0 Å². The molecule has 2 aliphatic rings. The summed E-state index contributed by atoms with van der Waals surface area (Å²) < 4.78 is 52.3. The van der Waals surface area contributed by atoms with Gasteiger partial charge in [-0.15, -0.1) is 0 Å². The smallest absolute Gasteiger partial charge is 0.464 e. The van der Waals surface area contributed by atoms with Crippen LogP contribution in [-0.2, 0) is 42.5 Å². The maximum absolute atomic E-state index is 6.18. The Morgan fingerprint density at radius 1 is 0.543 bits per heavy atom. The third-order valence-corrected chi connectivity index (χ3v) is 13.1. The summed E-state index contributed by atoms with van der Waals surface area (Å²) in [6.45, 7) is 26.5. The molecule has 0 bridgehead atoms. The van der Waals surface area contributed by atoms with Gasteiger partial charge in [-0.3, -0.25) is 0 Å². The van der Waals surface area contributed by atoms with Crippen LogP contribution >= 0.6 is 66.8 Å². The lowest BCUT2D eigenvalue weighted by Crippen LogP contribution is -2.41. The second-order valence-corrected chi connectivity index (χ2v) is 19.2. The van der Waals surface area contributed by atoms with E-state index in [1.54, 1.807) is 6.26 Å². The summed E-state index contributed by atoms with van der Waals surface area (Å²) in [6, 6.07) is 36.2. The van der Waals surface area contributed by atoms with Gasteiger partial charge in [-0.05, 0) is 133 Å². The molecule has 2 fully saturated rings. The lowest BCUT2D eigenvalue weighted by Gasteiger charge is -2.32. The summed E-state index contributed by atoms with van der Waals surface area (Å²) in [5.41, 5.74) is 3.58. The highest BCUT2D eigenvalue weighted by atomic mass is 127. The summed E-state index contributed by atoms with van der Waals surface area (Å²) in [5.74, 6) is 3.03. The third-order valence-electron chi connectivity index (χ3n) is 12.2. The lowest BCUT2D eigenvalue weighted by molar-refractivity contribution is 0.00578. The molecule has 380 valence electrons. The van der Waals surface area contributed by atoms with E-state index in [0.29, 0.717) is 0 Å². The number of fused-ring (bicyclic) bond motifs is 4. The minimum absolute atomic E-state index is 0. The Bertz CT molecular complexity index is 2680. The molecule has 0 spiro atoms. The van der Waals surface area contributed by atoms with Gasteiger partial charge in [-0.2, -0.15) is 0 Å². The first kappa shape index (κ1) is 61.4. The van der Waals surface area contributed by atoms with Crippen molar-refractivity contribution in [1.82, 2.24) is 0 Å². The second kappa shape index (κ2) is 28.0. The highest BCUT2D eigenvalue weighted by molar-refractivity contribution is 14.1. The van der Waals surface area contributed by atoms with Gasteiger partial charge in [0.1, 0.15) is 39.6 Å². The Morgan fingerprint density at radius 3 is 1.47 bits per heavy atom. The Hall–Kier alpha value is -2.86. The largest absolute Gasteiger partial charge is 0.640 e. The average molecular weight is 1270 g/mol. The van der Waals surface area contributed by atoms with Crippen molar-refractivity contribution in [3.63, 3.8) is 0 Å². The number of benzene rings is 4. The van der Waals surface area contributed by atoms with Gasteiger partial charge < -0.3 is 40.9 Å². The van der Waals surface area contributed by atoms with Crippen molar-refractivity contribution in [2.24, 2.45) is 0 Å². The normalized spacial score (nSPS) is 15.7. The van der Waals surface area contributed by atoms with Crippen LogP contribution in [0.15, 0.2) is 138 Å². The molecule has 0 radical (unpaired) electrons. The molecule has 10 rings (SSSR count). The van der Waals surface area contributed by atoms with E-state index in [1.807, 2.05) is 131 Å². The first-order valence-corrected chi connectivity index (χ1v) is 29.9. The number of furan rings is 4. The van der Waals surface area contributed by atoms with Gasteiger partial charge in [0, 0.05) is 80.6 Å². The van der Waals surface area contributed by atoms with E-state index in [-0.39, 0.29) is 43.1 Å². The van der Waals surface area contributed by atoms with Crippen LogP contribution < -0.4 is 5.46 Å². The first-order chi connectivity index (χ1) is 32.8. The molecular formula is C55H72B2Br3IO9. The zero-order valence-corrected chi connectivity index (χ0v) is 49.4. The molecule has 2 saturated heterocycles. The van der Waals surface area contributed by atoms with Crippen molar-refractivity contribution in [1.29, 1.82) is 0 Å². The number of halogens is 4. The number of hydrogen-bond donors (Lipinski definition) is 0. The molecule has 70 heavy (non-hydrogen) atoms. The molecule has 0 N–H and O–H groups in total. The zero-order chi connectivity index (χ0) is 51.2. The summed E-state index contributed by atoms with van der Waals surface area (Å²) >= 11 is 11.2. The fraction of sp³-hybridized carbons (Fsp3) is 0.418. The highest BCUT2D eigenvalue weighted by Crippen LogP contribution is 2.39. The molecule has 15 heteroatoms. The molecule has 0 unspecified atom stereocenters. The van der Waals surface area contributed by atoms with Gasteiger partial charge in [0.05, 0.1) is 33.1 Å². The minimum Gasteiger partial charge on any atom is -0.464 e. The van der Waals surface area contributed by atoms with Crippen molar-refractivity contribution < 1.29 is 40.9 Å². The molecule has 9 nitrogen and oxygen atoms in total. The van der Waals surface area contributed by atoms with Crippen LogP contribution in [0.5, 0.6) is 0 Å². The van der Waals surface area contributed by atoms with Crippen molar-refractivity contribution in [3.8, 4) is 0 Å². The standard InChI is InChI=1S/C16H21BO3.C10H9BrO.C10H10O.C9H19BO3.C8H6O.CH3I.CH4.Br2/c1-6-12-14(11-9-7-8-10-13(11)18-12)17-19-15(2,3)16(4,5)20-17;1-2-8-10(11)7-5-3-4-6-9(7)12-8;1-2-9-7-8-5-3-4-6-10(8)11-9;1-7(2)11-10-12-8(3,4)9(5,6)13-10;1-2-4-8-7(3-1)5-6-9-8;1-2;;1-2/h7-10H,6H2,1-5H3;3-6H,2H2,1H3;3-7H,2H2,1H3;7H,1-6H3;1-6H;1H3;1H4;. The van der Waals surface area contributed by atoms with Crippen LogP contribution in [0.25, 0.3) is 43.9 Å². The molecule has 4 aromatic carbocycles. The van der Waals surface area contributed by atoms with Gasteiger partial charge in [0.25, 0.3) is 0 Å². The highest BCUT2D eigenvalue weighted by Gasteiger charge is 2.54. The van der Waals surface area contributed by atoms with Crippen LogP contribution in [0.3, 0.4) is 0 Å². The Morgan fingerprint density at radius 2 is 0.986 bits per heavy atom. The monoisotopic (exact) mass is 1260 g/mol. The van der Waals surface area contributed by atoms with Crippen LogP contribution in [0.4, 0.5) is 0 Å². The Labute approximate surface area is 455 Å². The molecule has 0 aliphatic carbocycles. The van der Waals surface area contributed by atoms with Crippen LogP contribution in [0.2, 0.25) is 0 Å². The van der Waals surface area contributed by atoms with Crippen molar-refractivity contribution in [3.05, 3.63) is 137 Å². The number of rotatable bonds is 6.